The fourth-order valence-corrected chi connectivity index (χ4v) is 3.16. The van der Waals surface area contributed by atoms with Gasteiger partial charge in [0.1, 0.15) is 5.75 Å². The van der Waals surface area contributed by atoms with Crippen molar-refractivity contribution in [1.29, 1.82) is 0 Å². The lowest BCUT2D eigenvalue weighted by molar-refractivity contribution is 0.415. The predicted molar refractivity (Wildman–Crippen MR) is 90.1 cm³/mol. The van der Waals surface area contributed by atoms with Gasteiger partial charge in [-0.2, -0.15) is 0 Å². The van der Waals surface area contributed by atoms with Gasteiger partial charge in [-0.05, 0) is 48.9 Å². The third-order valence-corrected chi connectivity index (χ3v) is 4.11. The molecule has 2 rings (SSSR count). The van der Waals surface area contributed by atoms with E-state index in [-0.39, 0.29) is 6.04 Å². The molecule has 0 aliphatic heterocycles. The van der Waals surface area contributed by atoms with Crippen molar-refractivity contribution in [1.82, 2.24) is 5.32 Å². The molecule has 0 saturated carbocycles. The van der Waals surface area contributed by atoms with Crippen molar-refractivity contribution in [2.24, 2.45) is 0 Å². The van der Waals surface area contributed by atoms with Crippen LogP contribution in [-0.2, 0) is 0 Å². The van der Waals surface area contributed by atoms with E-state index in [1.54, 1.807) is 13.2 Å². The van der Waals surface area contributed by atoms with Crippen LogP contribution in [0.25, 0.3) is 0 Å². The van der Waals surface area contributed by atoms with Crippen LogP contribution in [0, 0.1) is 6.92 Å². The van der Waals surface area contributed by atoms with Gasteiger partial charge in [-0.15, -0.1) is 0 Å². The van der Waals surface area contributed by atoms with Crippen LogP contribution in [0.2, 0.25) is 15.1 Å². The molecule has 0 aliphatic rings. The standard InChI is InChI=1S/C16H16Cl3NO/c1-9-4-10(6-11(17)5-9)16(20-2)12-7-14(19)15(21-3)8-13(12)18/h4-8,16,20H,1-3H3. The highest BCUT2D eigenvalue weighted by atomic mass is 35.5. The highest BCUT2D eigenvalue weighted by Gasteiger charge is 2.18. The Labute approximate surface area is 140 Å². The van der Waals surface area contributed by atoms with Crippen molar-refractivity contribution < 1.29 is 4.74 Å². The van der Waals surface area contributed by atoms with Crippen molar-refractivity contribution in [2.45, 2.75) is 13.0 Å². The van der Waals surface area contributed by atoms with E-state index in [2.05, 4.69) is 11.4 Å². The van der Waals surface area contributed by atoms with E-state index in [1.807, 2.05) is 32.2 Å². The molecule has 5 heteroatoms. The molecular formula is C16H16Cl3NO. The molecule has 2 aromatic carbocycles. The van der Waals surface area contributed by atoms with Crippen molar-refractivity contribution in [3.05, 3.63) is 62.1 Å². The predicted octanol–water partition coefficient (Wildman–Crippen LogP) is 5.27. The van der Waals surface area contributed by atoms with Gasteiger partial charge in [-0.3, -0.25) is 0 Å². The largest absolute Gasteiger partial charge is 0.495 e. The van der Waals surface area contributed by atoms with Gasteiger partial charge >= 0.3 is 0 Å². The second-order valence-corrected chi connectivity index (χ2v) is 6.04. The summed E-state index contributed by atoms with van der Waals surface area (Å²) in [5.41, 5.74) is 3.01. The number of hydrogen-bond donors (Lipinski definition) is 1. The van der Waals surface area contributed by atoms with Gasteiger partial charge in [-0.1, -0.05) is 40.9 Å². The molecule has 0 aliphatic carbocycles. The molecular weight excluding hydrogens is 329 g/mol. The molecule has 21 heavy (non-hydrogen) atoms. The lowest BCUT2D eigenvalue weighted by Gasteiger charge is -2.20. The molecule has 2 aromatic rings. The lowest BCUT2D eigenvalue weighted by Crippen LogP contribution is -2.18. The summed E-state index contributed by atoms with van der Waals surface area (Å²) in [5, 5.41) is 5.06. The average molecular weight is 345 g/mol. The van der Waals surface area contributed by atoms with Crippen LogP contribution in [0.5, 0.6) is 5.75 Å². The molecule has 0 spiro atoms. The van der Waals surface area contributed by atoms with E-state index in [9.17, 15) is 0 Å². The van der Waals surface area contributed by atoms with E-state index < -0.39 is 0 Å². The number of benzene rings is 2. The van der Waals surface area contributed by atoms with Crippen LogP contribution in [-0.4, -0.2) is 14.2 Å². The minimum atomic E-state index is -0.0988. The summed E-state index contributed by atoms with van der Waals surface area (Å²) in [5.74, 6) is 0.558. The topological polar surface area (TPSA) is 21.3 Å². The lowest BCUT2D eigenvalue weighted by atomic mass is 9.97. The van der Waals surface area contributed by atoms with Crippen LogP contribution in [0.3, 0.4) is 0 Å². The van der Waals surface area contributed by atoms with E-state index >= 15 is 0 Å². The molecule has 0 bridgehead atoms. The summed E-state index contributed by atoms with van der Waals surface area (Å²) in [6, 6.07) is 9.35. The first-order valence-corrected chi connectivity index (χ1v) is 7.57. The van der Waals surface area contributed by atoms with Crippen molar-refractivity contribution in [3.8, 4) is 5.75 Å². The van der Waals surface area contributed by atoms with Gasteiger partial charge in [0.2, 0.25) is 0 Å². The first-order valence-electron chi connectivity index (χ1n) is 6.43. The Morgan fingerprint density at radius 3 is 2.29 bits per heavy atom. The van der Waals surface area contributed by atoms with E-state index in [0.29, 0.717) is 20.8 Å². The van der Waals surface area contributed by atoms with Gasteiger partial charge in [0.25, 0.3) is 0 Å². The van der Waals surface area contributed by atoms with Crippen LogP contribution < -0.4 is 10.1 Å². The third kappa shape index (κ3) is 3.64. The third-order valence-electron chi connectivity index (χ3n) is 3.27. The molecule has 0 radical (unpaired) electrons. The molecule has 2 nitrogen and oxygen atoms in total. The molecule has 0 heterocycles. The number of ether oxygens (including phenoxy) is 1. The van der Waals surface area contributed by atoms with Gasteiger partial charge < -0.3 is 10.1 Å². The number of aryl methyl sites for hydroxylation is 1. The Bertz CT molecular complexity index is 638. The number of halogens is 3. The SMILES string of the molecule is CNC(c1cc(C)cc(Cl)c1)c1cc(Cl)c(OC)cc1Cl. The van der Waals surface area contributed by atoms with Crippen molar-refractivity contribution in [2.75, 3.05) is 14.2 Å². The Kier molecular flexibility index (Phi) is 5.39. The van der Waals surface area contributed by atoms with Crippen LogP contribution >= 0.6 is 34.8 Å². The maximum atomic E-state index is 6.37. The number of hydrogen-bond acceptors (Lipinski definition) is 2. The fourth-order valence-electron chi connectivity index (χ4n) is 2.35. The maximum Gasteiger partial charge on any atom is 0.138 e. The molecule has 1 unspecified atom stereocenters. The Morgan fingerprint density at radius 1 is 1.00 bits per heavy atom. The van der Waals surface area contributed by atoms with E-state index in [4.69, 9.17) is 39.5 Å². The average Bonchev–Trinajstić information content (AvgIpc) is 2.42. The molecule has 1 atom stereocenters. The molecule has 112 valence electrons. The maximum absolute atomic E-state index is 6.37. The highest BCUT2D eigenvalue weighted by Crippen LogP contribution is 2.36. The fraction of sp³-hybridized carbons (Fsp3) is 0.250. The van der Waals surface area contributed by atoms with Gasteiger partial charge in [0.15, 0.2) is 0 Å². The second-order valence-electron chi connectivity index (χ2n) is 4.79. The zero-order chi connectivity index (χ0) is 15.6. The summed E-state index contributed by atoms with van der Waals surface area (Å²) < 4.78 is 5.18. The van der Waals surface area contributed by atoms with Gasteiger partial charge in [-0.25, -0.2) is 0 Å². The summed E-state index contributed by atoms with van der Waals surface area (Å²) >= 11 is 18.7. The first kappa shape index (κ1) is 16.4. The quantitative estimate of drug-likeness (QED) is 0.815. The van der Waals surface area contributed by atoms with Crippen molar-refractivity contribution >= 4 is 34.8 Å². The number of methoxy groups -OCH3 is 1. The van der Waals surface area contributed by atoms with Gasteiger partial charge in [0, 0.05) is 16.1 Å². The van der Waals surface area contributed by atoms with E-state index in [1.165, 1.54) is 0 Å². The summed E-state index contributed by atoms with van der Waals surface area (Å²) in [4.78, 5) is 0. The summed E-state index contributed by atoms with van der Waals surface area (Å²) in [6.45, 7) is 2.00. The zero-order valence-electron chi connectivity index (χ0n) is 12.0. The van der Waals surface area contributed by atoms with Crippen molar-refractivity contribution in [3.63, 3.8) is 0 Å². The number of nitrogens with one attached hydrogen (secondary N) is 1. The Hall–Kier alpha value is -0.930. The van der Waals surface area contributed by atoms with Crippen LogP contribution in [0.1, 0.15) is 22.7 Å². The van der Waals surface area contributed by atoms with Gasteiger partial charge in [0.05, 0.1) is 18.2 Å². The van der Waals surface area contributed by atoms with Crippen LogP contribution in [0.4, 0.5) is 0 Å². The number of rotatable bonds is 4. The molecule has 0 saturated heterocycles. The normalized spacial score (nSPS) is 12.3. The minimum Gasteiger partial charge on any atom is -0.495 e. The zero-order valence-corrected chi connectivity index (χ0v) is 14.3. The molecule has 0 aromatic heterocycles. The Morgan fingerprint density at radius 2 is 1.71 bits per heavy atom. The molecule has 0 amide bonds. The monoisotopic (exact) mass is 343 g/mol. The smallest absolute Gasteiger partial charge is 0.138 e. The summed E-state index contributed by atoms with van der Waals surface area (Å²) in [6.07, 6.45) is 0. The van der Waals surface area contributed by atoms with Crippen LogP contribution in [0.15, 0.2) is 30.3 Å². The highest BCUT2D eigenvalue weighted by molar-refractivity contribution is 6.34. The van der Waals surface area contributed by atoms with E-state index in [0.717, 1.165) is 16.7 Å². The molecule has 0 fully saturated rings. The summed E-state index contributed by atoms with van der Waals surface area (Å²) in [7, 11) is 3.43. The minimum absolute atomic E-state index is 0.0988. The first-order chi connectivity index (χ1) is 9.96. The Balaban J connectivity index is 2.53. The second kappa shape index (κ2) is 6.89. The molecule has 1 N–H and O–H groups in total.